The first kappa shape index (κ1) is 20.7. The van der Waals surface area contributed by atoms with Crippen LogP contribution in [0.3, 0.4) is 0 Å². The highest BCUT2D eigenvalue weighted by molar-refractivity contribution is 6.33. The minimum Gasteiger partial charge on any atom is -0.393 e. The molecule has 1 saturated heterocycles. The summed E-state index contributed by atoms with van der Waals surface area (Å²) in [5.74, 6) is 0.368. The van der Waals surface area contributed by atoms with E-state index in [1.165, 1.54) is 6.20 Å². The number of carbonyl (C=O) groups excluding carboxylic acids is 1. The first-order valence-corrected chi connectivity index (χ1v) is 10.4. The molecule has 30 heavy (non-hydrogen) atoms. The number of halogens is 2. The van der Waals surface area contributed by atoms with Gasteiger partial charge in [0.15, 0.2) is 0 Å². The highest BCUT2D eigenvalue weighted by atomic mass is 35.5. The van der Waals surface area contributed by atoms with Crippen LogP contribution >= 0.6 is 23.2 Å². The Hall–Kier alpha value is -2.61. The normalized spacial score (nSPS) is 14.7. The molecule has 1 fully saturated rings. The average Bonchev–Trinajstić information content (AvgIpc) is 3.11. The van der Waals surface area contributed by atoms with Gasteiger partial charge in [0.25, 0.3) is 5.91 Å². The molecule has 0 atom stereocenters. The van der Waals surface area contributed by atoms with Crippen LogP contribution in [0.15, 0.2) is 42.7 Å². The molecule has 0 radical (unpaired) electrons. The molecule has 4 rings (SSSR count). The fraction of sp³-hybridized carbons (Fsp3) is 0.286. The number of pyridine rings is 1. The molecule has 1 aromatic carbocycles. The van der Waals surface area contributed by atoms with Crippen molar-refractivity contribution in [1.29, 1.82) is 0 Å². The Labute approximate surface area is 184 Å². The SMILES string of the molecule is Cc1c(C(=O)Nc2cnc(N3CCC(O)CC3)c(Cl)c2)cnn1-c1ccc(Cl)cc1. The highest BCUT2D eigenvalue weighted by Crippen LogP contribution is 2.28. The van der Waals surface area contributed by atoms with Gasteiger partial charge in [-0.05, 0) is 50.1 Å². The van der Waals surface area contributed by atoms with E-state index in [1.807, 2.05) is 24.0 Å². The maximum absolute atomic E-state index is 12.8. The summed E-state index contributed by atoms with van der Waals surface area (Å²) in [4.78, 5) is 19.2. The lowest BCUT2D eigenvalue weighted by atomic mass is 10.1. The summed E-state index contributed by atoms with van der Waals surface area (Å²) in [7, 11) is 0. The van der Waals surface area contributed by atoms with Crippen molar-refractivity contribution in [3.8, 4) is 5.69 Å². The van der Waals surface area contributed by atoms with Gasteiger partial charge in [-0.3, -0.25) is 4.79 Å². The molecule has 2 aromatic heterocycles. The summed E-state index contributed by atoms with van der Waals surface area (Å²) in [6.45, 7) is 3.22. The fourth-order valence-electron chi connectivity index (χ4n) is 3.48. The van der Waals surface area contributed by atoms with Gasteiger partial charge < -0.3 is 15.3 Å². The highest BCUT2D eigenvalue weighted by Gasteiger charge is 2.21. The Balaban J connectivity index is 1.49. The van der Waals surface area contributed by atoms with Crippen molar-refractivity contribution < 1.29 is 9.90 Å². The van der Waals surface area contributed by atoms with Crippen LogP contribution in [0, 0.1) is 6.92 Å². The number of hydrogen-bond acceptors (Lipinski definition) is 5. The van der Waals surface area contributed by atoms with Gasteiger partial charge in [0.1, 0.15) is 5.82 Å². The number of aliphatic hydroxyl groups is 1. The summed E-state index contributed by atoms with van der Waals surface area (Å²) < 4.78 is 1.68. The lowest BCUT2D eigenvalue weighted by Crippen LogP contribution is -2.36. The topological polar surface area (TPSA) is 83.3 Å². The zero-order valence-electron chi connectivity index (χ0n) is 16.3. The van der Waals surface area contributed by atoms with E-state index in [4.69, 9.17) is 23.2 Å². The van der Waals surface area contributed by atoms with Gasteiger partial charge in [0.2, 0.25) is 0 Å². The largest absolute Gasteiger partial charge is 0.393 e. The second kappa shape index (κ2) is 8.63. The standard InChI is InChI=1S/C21H21Cl2N5O2/c1-13-18(12-25-28(13)16-4-2-14(22)3-5-16)21(30)26-15-10-19(23)20(24-11-15)27-8-6-17(29)7-9-27/h2-5,10-12,17,29H,6-9H2,1H3,(H,26,30). The van der Waals surface area contributed by atoms with Crippen molar-refractivity contribution in [2.45, 2.75) is 25.9 Å². The van der Waals surface area contributed by atoms with E-state index >= 15 is 0 Å². The Morgan fingerprint density at radius 3 is 2.53 bits per heavy atom. The van der Waals surface area contributed by atoms with E-state index in [9.17, 15) is 9.90 Å². The second-order valence-corrected chi connectivity index (χ2v) is 8.08. The Morgan fingerprint density at radius 1 is 1.17 bits per heavy atom. The van der Waals surface area contributed by atoms with Gasteiger partial charge >= 0.3 is 0 Å². The predicted molar refractivity (Wildman–Crippen MR) is 118 cm³/mol. The minimum atomic E-state index is -0.292. The monoisotopic (exact) mass is 445 g/mol. The molecular weight excluding hydrogens is 425 g/mol. The molecule has 156 valence electrons. The number of nitrogens with zero attached hydrogens (tertiary/aromatic N) is 4. The molecule has 0 spiro atoms. The van der Waals surface area contributed by atoms with Crippen LogP contribution in [0.2, 0.25) is 10.0 Å². The number of aliphatic hydroxyl groups excluding tert-OH is 1. The van der Waals surface area contributed by atoms with Crippen molar-refractivity contribution in [3.05, 3.63) is 64.0 Å². The maximum atomic E-state index is 12.8. The second-order valence-electron chi connectivity index (χ2n) is 7.23. The number of rotatable bonds is 4. The number of nitrogens with one attached hydrogen (secondary N) is 1. The number of anilines is 2. The van der Waals surface area contributed by atoms with Crippen LogP contribution in [0.1, 0.15) is 28.9 Å². The van der Waals surface area contributed by atoms with Gasteiger partial charge in [-0.15, -0.1) is 0 Å². The number of benzene rings is 1. The third-order valence-corrected chi connectivity index (χ3v) is 5.70. The van der Waals surface area contributed by atoms with Crippen LogP contribution in [0.4, 0.5) is 11.5 Å². The zero-order valence-corrected chi connectivity index (χ0v) is 17.9. The van der Waals surface area contributed by atoms with Crippen molar-refractivity contribution in [3.63, 3.8) is 0 Å². The van der Waals surface area contributed by atoms with E-state index in [2.05, 4.69) is 15.4 Å². The molecule has 3 heterocycles. The quantitative estimate of drug-likeness (QED) is 0.631. The van der Waals surface area contributed by atoms with E-state index in [0.717, 1.165) is 5.69 Å². The van der Waals surface area contributed by atoms with Gasteiger partial charge in [-0.25, -0.2) is 9.67 Å². The predicted octanol–water partition coefficient (Wildman–Crippen LogP) is 4.10. The van der Waals surface area contributed by atoms with Gasteiger partial charge in [0.05, 0.1) is 46.2 Å². The number of amides is 1. The first-order chi connectivity index (χ1) is 14.4. The van der Waals surface area contributed by atoms with E-state index in [-0.39, 0.29) is 12.0 Å². The minimum absolute atomic E-state index is 0.268. The lowest BCUT2D eigenvalue weighted by molar-refractivity contribution is 0.102. The van der Waals surface area contributed by atoms with Crippen LogP contribution in [-0.4, -0.2) is 45.0 Å². The molecule has 0 bridgehead atoms. The summed E-state index contributed by atoms with van der Waals surface area (Å²) in [6, 6.07) is 8.91. The molecule has 1 aliphatic heterocycles. The van der Waals surface area contributed by atoms with Crippen molar-refractivity contribution in [1.82, 2.24) is 14.8 Å². The van der Waals surface area contributed by atoms with E-state index in [1.54, 1.807) is 29.1 Å². The average molecular weight is 446 g/mol. The van der Waals surface area contributed by atoms with Crippen LogP contribution in [0.25, 0.3) is 5.69 Å². The molecule has 1 aliphatic rings. The van der Waals surface area contributed by atoms with Gasteiger partial charge in [-0.1, -0.05) is 23.2 Å². The Morgan fingerprint density at radius 2 is 1.87 bits per heavy atom. The molecule has 1 amide bonds. The molecule has 0 saturated carbocycles. The summed E-state index contributed by atoms with van der Waals surface area (Å²) in [5, 5.41) is 17.9. The van der Waals surface area contributed by atoms with Crippen LogP contribution in [-0.2, 0) is 0 Å². The molecule has 9 heteroatoms. The van der Waals surface area contributed by atoms with Crippen molar-refractivity contribution >= 4 is 40.6 Å². The zero-order chi connectivity index (χ0) is 21.3. The first-order valence-electron chi connectivity index (χ1n) is 9.63. The Kier molecular flexibility index (Phi) is 5.94. The molecular formula is C21H21Cl2N5O2. The van der Waals surface area contributed by atoms with E-state index in [0.29, 0.717) is 58.7 Å². The fourth-order valence-corrected chi connectivity index (χ4v) is 3.89. The molecule has 3 aromatic rings. The van der Waals surface area contributed by atoms with Crippen molar-refractivity contribution in [2.75, 3.05) is 23.3 Å². The van der Waals surface area contributed by atoms with Gasteiger partial charge in [-0.2, -0.15) is 5.10 Å². The molecule has 0 aliphatic carbocycles. The molecule has 2 N–H and O–H groups in total. The number of hydrogen-bond donors (Lipinski definition) is 2. The smallest absolute Gasteiger partial charge is 0.259 e. The third kappa shape index (κ3) is 4.28. The maximum Gasteiger partial charge on any atom is 0.259 e. The summed E-state index contributed by atoms with van der Waals surface area (Å²) in [5.41, 5.74) is 2.48. The molecule has 0 unspecified atom stereocenters. The molecule has 7 nitrogen and oxygen atoms in total. The number of carbonyl (C=O) groups is 1. The third-order valence-electron chi connectivity index (χ3n) is 5.17. The van der Waals surface area contributed by atoms with Crippen molar-refractivity contribution in [2.24, 2.45) is 0 Å². The summed E-state index contributed by atoms with van der Waals surface area (Å²) >= 11 is 12.4. The number of aromatic nitrogens is 3. The number of piperidine rings is 1. The van der Waals surface area contributed by atoms with Crippen LogP contribution in [0.5, 0.6) is 0 Å². The van der Waals surface area contributed by atoms with E-state index < -0.39 is 0 Å². The summed E-state index contributed by atoms with van der Waals surface area (Å²) in [6.07, 6.45) is 4.22. The lowest BCUT2D eigenvalue weighted by Gasteiger charge is -2.31. The van der Waals surface area contributed by atoms with Crippen LogP contribution < -0.4 is 10.2 Å². The Bertz CT molecular complexity index is 1060. The van der Waals surface area contributed by atoms with Gasteiger partial charge in [0, 0.05) is 18.1 Å².